The summed E-state index contributed by atoms with van der Waals surface area (Å²) in [7, 11) is 1.54. The molecule has 0 aliphatic carbocycles. The number of nitrogens with one attached hydrogen (secondary N) is 1. The van der Waals surface area contributed by atoms with E-state index >= 15 is 0 Å². The molecule has 1 heterocycles. The summed E-state index contributed by atoms with van der Waals surface area (Å²) in [4.78, 5) is 12.2. The lowest BCUT2D eigenvalue weighted by atomic mass is 10.1. The van der Waals surface area contributed by atoms with E-state index in [1.54, 1.807) is 31.4 Å². The Bertz CT molecular complexity index is 807. The molecule has 0 aliphatic heterocycles. The molecule has 1 N–H and O–H groups in total. The fraction of sp³-hybridized carbons (Fsp3) is 0.222. The Kier molecular flexibility index (Phi) is 6.66. The highest BCUT2D eigenvalue weighted by molar-refractivity contribution is 9.10. The summed E-state index contributed by atoms with van der Waals surface area (Å²) >= 11 is 3.40. The predicted molar refractivity (Wildman–Crippen MR) is 96.0 cm³/mol. The first-order valence-electron chi connectivity index (χ1n) is 7.51. The van der Waals surface area contributed by atoms with Gasteiger partial charge in [-0.3, -0.25) is 4.79 Å². The van der Waals surface area contributed by atoms with E-state index < -0.39 is 5.91 Å². The van der Waals surface area contributed by atoms with E-state index in [4.69, 9.17) is 13.9 Å². The van der Waals surface area contributed by atoms with Crippen LogP contribution in [0.3, 0.4) is 0 Å². The second kappa shape index (κ2) is 8.94. The van der Waals surface area contributed by atoms with Gasteiger partial charge in [0.05, 0.1) is 31.0 Å². The predicted octanol–water partition coefficient (Wildman–Crippen LogP) is 3.67. The van der Waals surface area contributed by atoms with E-state index in [2.05, 4.69) is 21.2 Å². The minimum atomic E-state index is -0.483. The maximum Gasteiger partial charge on any atom is 0.262 e. The number of methoxy groups -OCH3 is 1. The molecule has 130 valence electrons. The largest absolute Gasteiger partial charge is 0.492 e. The van der Waals surface area contributed by atoms with Crippen LogP contribution in [0.2, 0.25) is 0 Å². The van der Waals surface area contributed by atoms with E-state index in [1.165, 1.54) is 12.3 Å². The number of carbonyl (C=O) groups is 1. The average Bonchev–Trinajstić information content (AvgIpc) is 3.11. The van der Waals surface area contributed by atoms with Crippen LogP contribution in [-0.4, -0.2) is 19.6 Å². The van der Waals surface area contributed by atoms with E-state index in [-0.39, 0.29) is 12.1 Å². The van der Waals surface area contributed by atoms with E-state index in [1.807, 2.05) is 13.0 Å². The molecule has 0 radical (unpaired) electrons. The summed E-state index contributed by atoms with van der Waals surface area (Å²) in [5.74, 6) is 1.21. The number of rotatable bonds is 7. The number of furan rings is 1. The molecule has 1 aromatic carbocycles. The van der Waals surface area contributed by atoms with Crippen molar-refractivity contribution in [2.75, 3.05) is 13.7 Å². The fourth-order valence-electron chi connectivity index (χ4n) is 2.12. The Balaban J connectivity index is 2.23. The molecule has 0 spiro atoms. The number of ether oxygens (including phenoxy) is 2. The zero-order chi connectivity index (χ0) is 18.2. The molecule has 2 aromatic rings. The second-order valence-corrected chi connectivity index (χ2v) is 5.75. The van der Waals surface area contributed by atoms with E-state index in [0.29, 0.717) is 33.9 Å². The van der Waals surface area contributed by atoms with Gasteiger partial charge in [-0.25, -0.2) is 0 Å². The standard InChI is InChI=1S/C18H17BrN2O4/c1-3-24-16-9-12(8-15(19)17(16)23-2)7-13(10-20)18(22)21-11-14-5-4-6-25-14/h4-9H,3,11H2,1-2H3,(H,21,22)/b13-7+. The van der Waals surface area contributed by atoms with Crippen LogP contribution in [0.1, 0.15) is 18.2 Å². The SMILES string of the molecule is CCOc1cc(/C=C(\C#N)C(=O)NCc2ccco2)cc(Br)c1OC. The lowest BCUT2D eigenvalue weighted by Gasteiger charge is -2.12. The van der Waals surface area contributed by atoms with E-state index in [9.17, 15) is 10.1 Å². The van der Waals surface area contributed by atoms with Crippen LogP contribution in [0.25, 0.3) is 6.08 Å². The molecule has 0 saturated heterocycles. The molecule has 2 rings (SSSR count). The van der Waals surface area contributed by atoms with Crippen molar-refractivity contribution >= 4 is 27.9 Å². The van der Waals surface area contributed by atoms with Gasteiger partial charge in [-0.1, -0.05) is 0 Å². The van der Waals surface area contributed by atoms with Gasteiger partial charge in [-0.05, 0) is 58.8 Å². The third-order valence-electron chi connectivity index (χ3n) is 3.22. The highest BCUT2D eigenvalue weighted by Crippen LogP contribution is 2.37. The average molecular weight is 405 g/mol. The van der Waals surface area contributed by atoms with Crippen molar-refractivity contribution in [3.05, 3.63) is 51.9 Å². The summed E-state index contributed by atoms with van der Waals surface area (Å²) in [5, 5.41) is 11.9. The number of benzene rings is 1. The van der Waals surface area contributed by atoms with Crippen molar-refractivity contribution in [2.45, 2.75) is 13.5 Å². The van der Waals surface area contributed by atoms with Crippen LogP contribution in [0, 0.1) is 11.3 Å². The molecule has 6 nitrogen and oxygen atoms in total. The lowest BCUT2D eigenvalue weighted by Crippen LogP contribution is -2.23. The van der Waals surface area contributed by atoms with Crippen molar-refractivity contribution < 1.29 is 18.7 Å². The quantitative estimate of drug-likeness (QED) is 0.561. The maximum atomic E-state index is 12.2. The zero-order valence-electron chi connectivity index (χ0n) is 13.8. The van der Waals surface area contributed by atoms with Crippen LogP contribution in [-0.2, 0) is 11.3 Å². The summed E-state index contributed by atoms with van der Waals surface area (Å²) in [5.41, 5.74) is 0.617. The summed E-state index contributed by atoms with van der Waals surface area (Å²) in [6, 6.07) is 8.84. The first kappa shape index (κ1) is 18.6. The zero-order valence-corrected chi connectivity index (χ0v) is 15.4. The summed E-state index contributed by atoms with van der Waals surface area (Å²) in [6.45, 7) is 2.53. The molecule has 25 heavy (non-hydrogen) atoms. The Morgan fingerprint density at radius 1 is 1.48 bits per heavy atom. The normalized spacial score (nSPS) is 10.9. The lowest BCUT2D eigenvalue weighted by molar-refractivity contribution is -0.117. The number of nitrogens with zero attached hydrogens (tertiary/aromatic N) is 1. The van der Waals surface area contributed by atoms with Crippen molar-refractivity contribution in [3.8, 4) is 17.6 Å². The van der Waals surface area contributed by atoms with Gasteiger partial charge < -0.3 is 19.2 Å². The fourth-order valence-corrected chi connectivity index (χ4v) is 2.74. The van der Waals surface area contributed by atoms with Crippen LogP contribution < -0.4 is 14.8 Å². The van der Waals surface area contributed by atoms with Crippen LogP contribution in [0.15, 0.2) is 45.0 Å². The third kappa shape index (κ3) is 4.88. The van der Waals surface area contributed by atoms with Crippen molar-refractivity contribution in [3.63, 3.8) is 0 Å². The molecular formula is C18H17BrN2O4. The molecule has 7 heteroatoms. The molecule has 1 amide bonds. The van der Waals surface area contributed by atoms with Crippen molar-refractivity contribution in [1.82, 2.24) is 5.32 Å². The monoisotopic (exact) mass is 404 g/mol. The van der Waals surface area contributed by atoms with Gasteiger partial charge >= 0.3 is 0 Å². The molecule has 0 fully saturated rings. The van der Waals surface area contributed by atoms with Crippen LogP contribution >= 0.6 is 15.9 Å². The third-order valence-corrected chi connectivity index (χ3v) is 3.80. The second-order valence-electron chi connectivity index (χ2n) is 4.90. The van der Waals surface area contributed by atoms with Crippen LogP contribution in [0.4, 0.5) is 0 Å². The Labute approximate surface area is 154 Å². The molecule has 0 atom stereocenters. The molecule has 0 saturated carbocycles. The number of hydrogen-bond donors (Lipinski definition) is 1. The highest BCUT2D eigenvalue weighted by Gasteiger charge is 2.13. The van der Waals surface area contributed by atoms with Crippen LogP contribution in [0.5, 0.6) is 11.5 Å². The maximum absolute atomic E-state index is 12.2. The minimum Gasteiger partial charge on any atom is -0.492 e. The molecule has 1 aromatic heterocycles. The summed E-state index contributed by atoms with van der Waals surface area (Å²) in [6.07, 6.45) is 3.01. The van der Waals surface area contributed by atoms with Gasteiger partial charge in [0.2, 0.25) is 0 Å². The van der Waals surface area contributed by atoms with Gasteiger partial charge in [0.15, 0.2) is 11.5 Å². The molecular weight excluding hydrogens is 388 g/mol. The number of amides is 1. The minimum absolute atomic E-state index is 0.0222. The smallest absolute Gasteiger partial charge is 0.262 e. The van der Waals surface area contributed by atoms with Gasteiger partial charge in [0.25, 0.3) is 5.91 Å². The topological polar surface area (TPSA) is 84.5 Å². The van der Waals surface area contributed by atoms with Crippen molar-refractivity contribution in [2.24, 2.45) is 0 Å². The number of hydrogen-bond acceptors (Lipinski definition) is 5. The Hall–Kier alpha value is -2.72. The molecule has 0 bridgehead atoms. The van der Waals surface area contributed by atoms with Gasteiger partial charge in [0, 0.05) is 0 Å². The summed E-state index contributed by atoms with van der Waals surface area (Å²) < 4.78 is 16.6. The Morgan fingerprint density at radius 3 is 2.88 bits per heavy atom. The van der Waals surface area contributed by atoms with Crippen molar-refractivity contribution in [1.29, 1.82) is 5.26 Å². The number of carbonyl (C=O) groups excluding carboxylic acids is 1. The first-order valence-corrected chi connectivity index (χ1v) is 8.31. The van der Waals surface area contributed by atoms with Gasteiger partial charge in [-0.15, -0.1) is 0 Å². The highest BCUT2D eigenvalue weighted by atomic mass is 79.9. The Morgan fingerprint density at radius 2 is 2.28 bits per heavy atom. The first-order chi connectivity index (χ1) is 12.1. The number of halogens is 1. The molecule has 0 unspecified atom stereocenters. The van der Waals surface area contributed by atoms with Gasteiger partial charge in [-0.2, -0.15) is 5.26 Å². The number of nitriles is 1. The van der Waals surface area contributed by atoms with E-state index in [0.717, 1.165) is 0 Å². The molecule has 0 aliphatic rings. The van der Waals surface area contributed by atoms with Gasteiger partial charge in [0.1, 0.15) is 17.4 Å².